The zero-order chi connectivity index (χ0) is 2.71. The van der Waals surface area contributed by atoms with Crippen molar-refractivity contribution in [3.63, 3.8) is 0 Å². The molecule has 4 heteroatoms. The van der Waals surface area contributed by atoms with Gasteiger partial charge in [-0.05, 0) is 0 Å². The molecule has 0 aliphatic heterocycles. The van der Waals surface area contributed by atoms with Crippen LogP contribution in [0.25, 0.3) is 0 Å². The van der Waals surface area contributed by atoms with Gasteiger partial charge < -0.3 is 0 Å². The summed E-state index contributed by atoms with van der Waals surface area (Å²) in [6.07, 6.45) is 0. The Morgan fingerprint density at radius 2 is 1.75 bits per heavy atom. The van der Waals surface area contributed by atoms with Crippen LogP contribution in [-0.2, 0) is 3.80 Å². The summed E-state index contributed by atoms with van der Waals surface area (Å²) < 4.78 is 16.9. The van der Waals surface area contributed by atoms with E-state index < -0.39 is 15.5 Å². The normalized spacial score (nSPS) is 2.00. The van der Waals surface area contributed by atoms with E-state index >= 15 is 0 Å². The molecule has 2 nitrogen and oxygen atoms in total. The monoisotopic (exact) mass is 192 g/mol. The second-order valence-electron chi connectivity index (χ2n) is 0.0962. The summed E-state index contributed by atoms with van der Waals surface area (Å²) in [4.78, 5) is 0. The van der Waals surface area contributed by atoms with Crippen molar-refractivity contribution in [2.24, 2.45) is 0 Å². The molecule has 4 heavy (non-hydrogen) atoms. The Hall–Kier alpha value is 2.18. The molecule has 0 bridgehead atoms. The van der Waals surface area contributed by atoms with E-state index in [2.05, 4.69) is 0 Å². The van der Waals surface area contributed by atoms with Crippen molar-refractivity contribution in [2.75, 3.05) is 0 Å². The van der Waals surface area contributed by atoms with Gasteiger partial charge in [0.15, 0.2) is 0 Å². The molecule has 0 atom stereocenters. The first-order chi connectivity index (χ1) is 1.41. The van der Waals surface area contributed by atoms with Crippen molar-refractivity contribution in [1.29, 1.82) is 0 Å². The SMILES string of the molecule is [Cs+].[O]=[Al][O-]. The summed E-state index contributed by atoms with van der Waals surface area (Å²) in [5, 5.41) is 0. The van der Waals surface area contributed by atoms with Crippen molar-refractivity contribution >= 4 is 15.5 Å². The third kappa shape index (κ3) is 8.89. The molecule has 0 aliphatic rings. The molecule has 0 amide bonds. The Labute approximate surface area is 89.6 Å². The van der Waals surface area contributed by atoms with E-state index in [1.165, 1.54) is 0 Å². The van der Waals surface area contributed by atoms with Gasteiger partial charge in [0.1, 0.15) is 0 Å². The van der Waals surface area contributed by atoms with Crippen molar-refractivity contribution in [3.8, 4) is 0 Å². The van der Waals surface area contributed by atoms with Crippen molar-refractivity contribution in [3.05, 3.63) is 0 Å². The first-order valence-corrected chi connectivity index (χ1v) is 1.41. The Balaban J connectivity index is 0. The molecule has 0 heterocycles. The van der Waals surface area contributed by atoms with Gasteiger partial charge in [0.25, 0.3) is 0 Å². The molecule has 0 saturated carbocycles. The molecule has 0 unspecified atom stereocenters. The number of hydrogen-bond acceptors (Lipinski definition) is 2. The van der Waals surface area contributed by atoms with Crippen LogP contribution < -0.4 is 73.1 Å². The fourth-order valence-electron chi connectivity index (χ4n) is 0. The van der Waals surface area contributed by atoms with Gasteiger partial charge >= 0.3 is 92.3 Å². The fraction of sp³-hybridized carbons (Fsp3) is 0. The molecular weight excluding hydrogens is 192 g/mol. The van der Waals surface area contributed by atoms with Crippen LogP contribution in [0.15, 0.2) is 0 Å². The number of rotatable bonds is 0. The summed E-state index contributed by atoms with van der Waals surface area (Å²) in [6.45, 7) is 0. The minimum atomic E-state index is -1.75. The van der Waals surface area contributed by atoms with E-state index in [4.69, 9.17) is 7.96 Å². The molecule has 0 aliphatic carbocycles. The van der Waals surface area contributed by atoms with Crippen LogP contribution in [0.1, 0.15) is 0 Å². The van der Waals surface area contributed by atoms with Gasteiger partial charge in [-0.3, -0.25) is 0 Å². The molecular formula is AlCsO2. The second-order valence-corrected chi connectivity index (χ2v) is 0.289. The van der Waals surface area contributed by atoms with Crippen molar-refractivity contribution in [1.82, 2.24) is 0 Å². The van der Waals surface area contributed by atoms with Crippen molar-refractivity contribution in [2.45, 2.75) is 0 Å². The van der Waals surface area contributed by atoms with Crippen LogP contribution in [0.5, 0.6) is 0 Å². The van der Waals surface area contributed by atoms with Crippen LogP contribution in [0.3, 0.4) is 0 Å². The fourth-order valence-corrected chi connectivity index (χ4v) is 0. The average Bonchev–Trinajstić information content (AvgIpc) is 0.918. The summed E-state index contributed by atoms with van der Waals surface area (Å²) in [5.41, 5.74) is 0. The average molecular weight is 192 g/mol. The van der Waals surface area contributed by atoms with E-state index in [0.29, 0.717) is 0 Å². The van der Waals surface area contributed by atoms with E-state index in [1.807, 2.05) is 0 Å². The van der Waals surface area contributed by atoms with E-state index in [9.17, 15) is 0 Å². The van der Waals surface area contributed by atoms with E-state index in [0.717, 1.165) is 0 Å². The topological polar surface area (TPSA) is 40.1 Å². The molecule has 0 aromatic heterocycles. The molecule has 0 saturated heterocycles. The number of hydrogen-bond donors (Lipinski definition) is 0. The van der Waals surface area contributed by atoms with Crippen LogP contribution in [0.4, 0.5) is 0 Å². The third-order valence-corrected chi connectivity index (χ3v) is 0. The molecule has 0 spiro atoms. The van der Waals surface area contributed by atoms with Crippen LogP contribution in [-0.4, -0.2) is 15.5 Å². The molecule has 0 radical (unpaired) electrons. The summed E-state index contributed by atoms with van der Waals surface area (Å²) in [6, 6.07) is 0. The zero-order valence-electron chi connectivity index (χ0n) is 2.39. The molecule has 0 aromatic rings. The molecule has 0 aromatic carbocycles. The van der Waals surface area contributed by atoms with Crippen molar-refractivity contribution < 1.29 is 76.9 Å². The minimum absolute atomic E-state index is 0. The van der Waals surface area contributed by atoms with Gasteiger partial charge in [-0.1, -0.05) is 0 Å². The second kappa shape index (κ2) is 8.95. The Kier molecular flexibility index (Phi) is 21.2. The first kappa shape index (κ1) is 9.49. The van der Waals surface area contributed by atoms with Crippen LogP contribution in [0, 0.1) is 0 Å². The Bertz CT molecular complexity index is 13.5. The van der Waals surface area contributed by atoms with Gasteiger partial charge in [0.05, 0.1) is 0 Å². The quantitative estimate of drug-likeness (QED) is 0.362. The molecule has 0 fully saturated rings. The summed E-state index contributed by atoms with van der Waals surface area (Å²) >= 11 is -1.75. The third-order valence-electron chi connectivity index (χ3n) is 0. The van der Waals surface area contributed by atoms with Gasteiger partial charge in [-0.15, -0.1) is 0 Å². The maximum absolute atomic E-state index is 8.46. The standard InChI is InChI=1S/Al.Cs.2O/q;+1;;-1. The van der Waals surface area contributed by atoms with Gasteiger partial charge in [-0.25, -0.2) is 0 Å². The van der Waals surface area contributed by atoms with Gasteiger partial charge in [-0.2, -0.15) is 0 Å². The first-order valence-electron chi connectivity index (χ1n) is 0.471. The van der Waals surface area contributed by atoms with Crippen LogP contribution in [0.2, 0.25) is 0 Å². The zero-order valence-corrected chi connectivity index (χ0v) is 9.83. The van der Waals surface area contributed by atoms with Gasteiger partial charge in [0, 0.05) is 0 Å². The van der Waals surface area contributed by atoms with Crippen LogP contribution >= 0.6 is 0 Å². The Morgan fingerprint density at radius 3 is 1.75 bits per heavy atom. The predicted octanol–water partition coefficient (Wildman–Crippen LogP) is -4.68. The molecule has 16 valence electrons. The summed E-state index contributed by atoms with van der Waals surface area (Å²) in [7, 11) is 0. The van der Waals surface area contributed by atoms with Gasteiger partial charge in [0.2, 0.25) is 0 Å². The Morgan fingerprint density at radius 1 is 1.75 bits per heavy atom. The summed E-state index contributed by atoms with van der Waals surface area (Å²) in [5.74, 6) is 0. The maximum atomic E-state index is 8.46. The molecule has 0 N–H and O–H groups in total. The predicted molar refractivity (Wildman–Crippen MR) is 6.44 cm³/mol. The van der Waals surface area contributed by atoms with E-state index in [-0.39, 0.29) is 68.9 Å². The molecule has 0 rings (SSSR count). The van der Waals surface area contributed by atoms with E-state index in [1.54, 1.807) is 0 Å².